The second kappa shape index (κ2) is 43.0. The Bertz CT molecular complexity index is 2830. The van der Waals surface area contributed by atoms with Crippen LogP contribution in [0.15, 0.2) is 84.9 Å². The number of benzene rings is 4. The van der Waals surface area contributed by atoms with Crippen molar-refractivity contribution in [3.05, 3.63) is 118 Å². The van der Waals surface area contributed by atoms with Gasteiger partial charge in [0.1, 0.15) is 23.6 Å². The van der Waals surface area contributed by atoms with Gasteiger partial charge in [-0.3, -0.25) is 0 Å². The zero-order chi connectivity index (χ0) is 60.4. The Morgan fingerprint density at radius 1 is 0.376 bits per heavy atom. The highest BCUT2D eigenvalue weighted by molar-refractivity contribution is 7.16. The van der Waals surface area contributed by atoms with E-state index in [4.69, 9.17) is 28.4 Å². The molecule has 1 heterocycles. The lowest BCUT2D eigenvalue weighted by Crippen LogP contribution is -2.10. The topological polar surface area (TPSA) is 137 Å². The van der Waals surface area contributed by atoms with Gasteiger partial charge in [-0.1, -0.05) is 213 Å². The first kappa shape index (κ1) is 69.0. The normalized spacial score (nSPS) is 10.8. The summed E-state index contributed by atoms with van der Waals surface area (Å²) in [6.45, 7) is 11.2. The smallest absolute Gasteiger partial charge is 0.343 e. The van der Waals surface area contributed by atoms with Crippen LogP contribution < -0.4 is 28.4 Å². The average molecular weight is 1180 g/mol. The van der Waals surface area contributed by atoms with E-state index in [-0.39, 0.29) is 11.1 Å². The lowest BCUT2D eigenvalue weighted by Gasteiger charge is -2.14. The zero-order valence-corrected chi connectivity index (χ0v) is 52.9. The van der Waals surface area contributed by atoms with Gasteiger partial charge in [0.05, 0.1) is 58.4 Å². The molecule has 458 valence electrons. The van der Waals surface area contributed by atoms with Crippen LogP contribution in [0.1, 0.15) is 275 Å². The number of ether oxygens (including phenoxy) is 6. The molecule has 0 aliphatic rings. The summed E-state index contributed by atoms with van der Waals surface area (Å²) in [5.74, 6) is 8.19. The summed E-state index contributed by atoms with van der Waals surface area (Å²) in [5, 5.41) is 20.5. The molecule has 0 spiro atoms. The molecule has 5 aromatic rings. The number of hydrogen-bond donors (Lipinski definition) is 0. The minimum Gasteiger partial charge on any atom is -0.490 e. The van der Waals surface area contributed by atoms with Gasteiger partial charge >= 0.3 is 11.9 Å². The van der Waals surface area contributed by atoms with Crippen LogP contribution in [0, 0.1) is 34.5 Å². The second-order valence-corrected chi connectivity index (χ2v) is 23.4. The van der Waals surface area contributed by atoms with E-state index in [0.29, 0.717) is 92.9 Å². The third-order valence-corrected chi connectivity index (χ3v) is 16.4. The molecule has 0 fully saturated rings. The SMILES string of the molecule is CCCCCCCCCCOc1ccc(C(=O)Oc2ccc(C#Cc3sc(-c4ccc(OC(=O)c5ccc(OCCCCCCCCCC)c(OCCCCCCCCCC)c5)cc4)c(C#N)c3C#N)cc2)cc1OCCCCCCCCCC. The Hall–Kier alpha value is -6.74. The van der Waals surface area contributed by atoms with Crippen molar-refractivity contribution in [2.24, 2.45) is 0 Å². The minimum absolute atomic E-state index is 0.187. The summed E-state index contributed by atoms with van der Waals surface area (Å²) in [6, 6.07) is 28.6. The number of hydrogen-bond acceptors (Lipinski definition) is 11. The van der Waals surface area contributed by atoms with Crippen molar-refractivity contribution >= 4 is 23.3 Å². The highest BCUT2D eigenvalue weighted by Gasteiger charge is 2.20. The highest BCUT2D eigenvalue weighted by Crippen LogP contribution is 2.37. The van der Waals surface area contributed by atoms with E-state index in [1.54, 1.807) is 84.9 Å². The molecule has 0 N–H and O–H groups in total. The van der Waals surface area contributed by atoms with E-state index in [1.165, 1.54) is 165 Å². The number of rotatable bonds is 45. The lowest BCUT2D eigenvalue weighted by molar-refractivity contribution is 0.0724. The van der Waals surface area contributed by atoms with Gasteiger partial charge < -0.3 is 28.4 Å². The number of carbonyl (C=O) groups is 2. The monoisotopic (exact) mass is 1170 g/mol. The van der Waals surface area contributed by atoms with Crippen molar-refractivity contribution in [1.82, 2.24) is 0 Å². The molecule has 0 saturated carbocycles. The van der Waals surface area contributed by atoms with Gasteiger partial charge in [0.25, 0.3) is 0 Å². The molecule has 11 heteroatoms. The van der Waals surface area contributed by atoms with E-state index < -0.39 is 11.9 Å². The van der Waals surface area contributed by atoms with Crippen molar-refractivity contribution in [2.75, 3.05) is 26.4 Å². The van der Waals surface area contributed by atoms with Gasteiger partial charge in [-0.05, 0) is 122 Å². The maximum Gasteiger partial charge on any atom is 0.343 e. The maximum absolute atomic E-state index is 13.6. The van der Waals surface area contributed by atoms with Crippen molar-refractivity contribution in [3.63, 3.8) is 0 Å². The number of esters is 2. The molecule has 85 heavy (non-hydrogen) atoms. The molecule has 0 saturated heterocycles. The summed E-state index contributed by atoms with van der Waals surface area (Å²) in [5.41, 5.74) is 2.41. The van der Waals surface area contributed by atoms with Gasteiger partial charge in [-0.15, -0.1) is 11.3 Å². The third-order valence-electron chi connectivity index (χ3n) is 15.2. The molecule has 1 aromatic heterocycles. The van der Waals surface area contributed by atoms with Gasteiger partial charge in [0, 0.05) is 5.56 Å². The summed E-state index contributed by atoms with van der Waals surface area (Å²) >= 11 is 1.25. The number of unbranched alkanes of at least 4 members (excludes halogenated alkanes) is 28. The fourth-order valence-electron chi connectivity index (χ4n) is 10.1. The van der Waals surface area contributed by atoms with Crippen LogP contribution in [0.25, 0.3) is 10.4 Å². The van der Waals surface area contributed by atoms with E-state index in [1.807, 2.05) is 0 Å². The van der Waals surface area contributed by atoms with E-state index in [9.17, 15) is 20.1 Å². The van der Waals surface area contributed by atoms with Gasteiger partial charge in [-0.2, -0.15) is 10.5 Å². The third kappa shape index (κ3) is 26.6. The molecule has 4 aromatic carbocycles. The Balaban J connectivity index is 1.19. The van der Waals surface area contributed by atoms with Crippen molar-refractivity contribution in [3.8, 4) is 68.9 Å². The van der Waals surface area contributed by atoms with E-state index in [2.05, 4.69) is 51.7 Å². The Morgan fingerprint density at radius 2 is 0.706 bits per heavy atom. The predicted octanol–water partition coefficient (Wildman–Crippen LogP) is 21.1. The van der Waals surface area contributed by atoms with Gasteiger partial charge in [0.2, 0.25) is 0 Å². The number of nitrogens with zero attached hydrogens (tertiary/aromatic N) is 2. The van der Waals surface area contributed by atoms with Crippen LogP contribution in [-0.4, -0.2) is 38.4 Å². The lowest BCUT2D eigenvalue weighted by atomic mass is 10.1. The summed E-state index contributed by atoms with van der Waals surface area (Å²) in [4.78, 5) is 28.2. The molecule has 0 radical (unpaired) electrons. The number of nitriles is 2. The van der Waals surface area contributed by atoms with Crippen molar-refractivity contribution < 1.29 is 38.0 Å². The van der Waals surface area contributed by atoms with Crippen molar-refractivity contribution in [1.29, 1.82) is 10.5 Å². The first-order valence-corrected chi connectivity index (χ1v) is 33.6. The van der Waals surface area contributed by atoms with E-state index in [0.717, 1.165) is 51.4 Å². The van der Waals surface area contributed by atoms with Crippen LogP contribution in [0.5, 0.6) is 34.5 Å². The molecule has 0 amide bonds. The zero-order valence-electron chi connectivity index (χ0n) is 52.1. The minimum atomic E-state index is -0.535. The summed E-state index contributed by atoms with van der Waals surface area (Å²) in [7, 11) is 0. The summed E-state index contributed by atoms with van der Waals surface area (Å²) in [6.07, 6.45) is 38.5. The maximum atomic E-state index is 13.6. The van der Waals surface area contributed by atoms with Gasteiger partial charge in [0.15, 0.2) is 23.0 Å². The Labute approximate surface area is 515 Å². The van der Waals surface area contributed by atoms with E-state index >= 15 is 0 Å². The van der Waals surface area contributed by atoms with Crippen LogP contribution in [0.4, 0.5) is 0 Å². The van der Waals surface area contributed by atoms with Gasteiger partial charge in [-0.25, -0.2) is 9.59 Å². The molecule has 0 aliphatic carbocycles. The molecule has 0 unspecified atom stereocenters. The quantitative estimate of drug-likeness (QED) is 0.0160. The summed E-state index contributed by atoms with van der Waals surface area (Å²) < 4.78 is 36.7. The Kier molecular flexibility index (Phi) is 34.9. The fourth-order valence-corrected chi connectivity index (χ4v) is 11.1. The number of thiophene rings is 1. The van der Waals surface area contributed by atoms with Crippen LogP contribution in [-0.2, 0) is 0 Å². The Morgan fingerprint density at radius 3 is 1.06 bits per heavy atom. The standard InChI is InChI=1S/C74H98N2O8S/c1-5-9-13-17-21-25-29-33-51-79-67-48-42-61(55-69(67)81-53-35-31-27-23-19-15-11-7-3)73(77)83-63-44-37-59(38-45-63)39-50-71-65(57-75)66(58-76)72(85-71)60-40-46-64(47-41-60)84-74(78)62-43-49-68(80-52-34-30-26-22-18-14-10-6-2)70(56-62)82-54-36-32-28-24-20-16-12-8-4/h37-38,40-49,55-56H,5-36,51-54H2,1-4H3. The molecule has 10 nitrogen and oxygen atoms in total. The largest absolute Gasteiger partial charge is 0.490 e. The number of carbonyl (C=O) groups excluding carboxylic acids is 2. The van der Waals surface area contributed by atoms with Crippen molar-refractivity contribution in [2.45, 2.75) is 233 Å². The van der Waals surface area contributed by atoms with Crippen LogP contribution >= 0.6 is 11.3 Å². The molecular formula is C74H98N2O8S. The first-order chi connectivity index (χ1) is 41.8. The molecular weight excluding hydrogens is 1080 g/mol. The average Bonchev–Trinajstić information content (AvgIpc) is 4.03. The fraction of sp³-hybridized carbons (Fsp3) is 0.541. The van der Waals surface area contributed by atoms with Crippen LogP contribution in [0.3, 0.4) is 0 Å². The predicted molar refractivity (Wildman–Crippen MR) is 347 cm³/mol. The molecule has 5 rings (SSSR count). The highest BCUT2D eigenvalue weighted by atomic mass is 32.1. The molecule has 0 bridgehead atoms. The second-order valence-electron chi connectivity index (χ2n) is 22.4. The molecule has 0 atom stereocenters. The van der Waals surface area contributed by atoms with Crippen LogP contribution in [0.2, 0.25) is 0 Å². The first-order valence-electron chi connectivity index (χ1n) is 32.7. The molecule has 0 aliphatic heterocycles.